The molecule has 0 radical (unpaired) electrons. The molecule has 0 fully saturated rings. The lowest BCUT2D eigenvalue weighted by Gasteiger charge is -2.11. The molecule has 0 aliphatic heterocycles. The minimum Gasteiger partial charge on any atom is -0.268 e. The van der Waals surface area contributed by atoms with Crippen LogP contribution < -0.4 is 16.1 Å². The molecular weight excluding hydrogens is 356 g/mol. The van der Waals surface area contributed by atoms with Crippen molar-refractivity contribution in [1.29, 1.82) is 0 Å². The van der Waals surface area contributed by atoms with Crippen LogP contribution in [-0.2, 0) is 0 Å². The molecule has 1 aromatic heterocycles. The van der Waals surface area contributed by atoms with Gasteiger partial charge in [-0.1, -0.05) is 93.1 Å². The molecule has 0 unspecified atom stereocenters. The van der Waals surface area contributed by atoms with Crippen molar-refractivity contribution in [2.24, 2.45) is 0 Å². The molecule has 0 amide bonds. The van der Waals surface area contributed by atoms with E-state index >= 15 is 0 Å². The Hall–Kier alpha value is -3.98. The molecule has 3 nitrogen and oxygen atoms in total. The average molecular weight is 380 g/mol. The summed E-state index contributed by atoms with van der Waals surface area (Å²) < 4.78 is 1.54. The highest BCUT2D eigenvalue weighted by molar-refractivity contribution is 5.70. The Morgan fingerprint density at radius 3 is 2.24 bits per heavy atom. The molecule has 0 bridgehead atoms. The van der Waals surface area contributed by atoms with Crippen molar-refractivity contribution in [1.82, 2.24) is 9.55 Å². The summed E-state index contributed by atoms with van der Waals surface area (Å²) >= 11 is 0. The lowest BCUT2D eigenvalue weighted by Crippen LogP contribution is -2.47. The van der Waals surface area contributed by atoms with E-state index in [0.717, 1.165) is 5.56 Å². The van der Waals surface area contributed by atoms with E-state index in [1.54, 1.807) is 54.7 Å². The maximum Gasteiger partial charge on any atom is 0.266 e. The van der Waals surface area contributed by atoms with Crippen molar-refractivity contribution >= 4 is 30.0 Å². The smallest absolute Gasteiger partial charge is 0.266 e. The van der Waals surface area contributed by atoms with Gasteiger partial charge in [-0.2, -0.15) is 0 Å². The summed E-state index contributed by atoms with van der Waals surface area (Å²) in [5, 5.41) is 0.957. The minimum absolute atomic E-state index is 0.220. The van der Waals surface area contributed by atoms with Gasteiger partial charge in [0, 0.05) is 0 Å². The fourth-order valence-electron chi connectivity index (χ4n) is 2.67. The molecule has 2 aromatic rings. The van der Waals surface area contributed by atoms with Crippen molar-refractivity contribution in [3.63, 3.8) is 0 Å². The highest BCUT2D eigenvalue weighted by atomic mass is 16.1. The van der Waals surface area contributed by atoms with Gasteiger partial charge < -0.3 is 0 Å². The molecule has 2 rings (SSSR count). The van der Waals surface area contributed by atoms with Crippen molar-refractivity contribution < 1.29 is 0 Å². The van der Waals surface area contributed by atoms with Crippen molar-refractivity contribution in [2.45, 2.75) is 0 Å². The van der Waals surface area contributed by atoms with Crippen LogP contribution in [0.1, 0.15) is 11.4 Å². The van der Waals surface area contributed by atoms with Crippen molar-refractivity contribution in [3.05, 3.63) is 131 Å². The monoisotopic (exact) mass is 380 g/mol. The number of benzene rings is 1. The topological polar surface area (TPSA) is 34.9 Å². The Labute approximate surface area is 171 Å². The van der Waals surface area contributed by atoms with Crippen LogP contribution in [0.15, 0.2) is 104 Å². The second-order valence-corrected chi connectivity index (χ2v) is 5.88. The second-order valence-electron chi connectivity index (χ2n) is 5.88. The van der Waals surface area contributed by atoms with Gasteiger partial charge in [0.15, 0.2) is 0 Å². The summed E-state index contributed by atoms with van der Waals surface area (Å²) in [6, 6.07) is 9.82. The predicted molar refractivity (Wildman–Crippen MR) is 126 cm³/mol. The van der Waals surface area contributed by atoms with Crippen LogP contribution in [0.25, 0.3) is 30.0 Å². The molecule has 0 aliphatic rings. The highest BCUT2D eigenvalue weighted by Gasteiger charge is 2.09. The summed E-state index contributed by atoms with van der Waals surface area (Å²) in [4.78, 5) is 18.1. The largest absolute Gasteiger partial charge is 0.268 e. The maximum absolute atomic E-state index is 13.4. The standard InChI is InChI=1S/C26H24N2O/c1-5-9-18-22(13-6-2)28-25(20-19-21-16-11-10-12-17-21)27-24(15-8-4)23(14-7-3)26(28)29/h5-20H,1-4H2/b18-9-,20-19+,22-13+,23-14+,24-15+. The molecule has 144 valence electrons. The Kier molecular flexibility index (Phi) is 8.09. The molecule has 0 atom stereocenters. The third-order valence-corrected chi connectivity index (χ3v) is 3.91. The fraction of sp³-hybridized carbons (Fsp3) is 0. The average Bonchev–Trinajstić information content (AvgIpc) is 2.73. The van der Waals surface area contributed by atoms with Crippen molar-refractivity contribution in [2.75, 3.05) is 0 Å². The lowest BCUT2D eigenvalue weighted by atomic mass is 10.2. The van der Waals surface area contributed by atoms with Gasteiger partial charge in [-0.25, -0.2) is 4.98 Å². The van der Waals surface area contributed by atoms with E-state index in [9.17, 15) is 4.79 Å². The Morgan fingerprint density at radius 2 is 1.62 bits per heavy atom. The summed E-state index contributed by atoms with van der Waals surface area (Å²) in [6.45, 7) is 14.9. The minimum atomic E-state index is -0.220. The zero-order chi connectivity index (χ0) is 21.1. The number of rotatable bonds is 8. The van der Waals surface area contributed by atoms with Crippen LogP contribution >= 0.6 is 0 Å². The van der Waals surface area contributed by atoms with Gasteiger partial charge in [0.2, 0.25) is 0 Å². The second kappa shape index (κ2) is 11.0. The number of allylic oxidation sites excluding steroid dienone is 8. The van der Waals surface area contributed by atoms with E-state index in [1.807, 2.05) is 42.5 Å². The normalized spacial score (nSPS) is 13.2. The van der Waals surface area contributed by atoms with E-state index in [1.165, 1.54) is 4.57 Å². The van der Waals surface area contributed by atoms with Crippen LogP contribution in [0.3, 0.4) is 0 Å². The summed E-state index contributed by atoms with van der Waals surface area (Å²) in [7, 11) is 0. The molecule has 1 aromatic carbocycles. The zero-order valence-corrected chi connectivity index (χ0v) is 16.4. The van der Waals surface area contributed by atoms with Gasteiger partial charge in [0.05, 0.1) is 16.3 Å². The van der Waals surface area contributed by atoms with Gasteiger partial charge in [-0.3, -0.25) is 9.36 Å². The first-order valence-electron chi connectivity index (χ1n) is 9.10. The van der Waals surface area contributed by atoms with Gasteiger partial charge in [-0.05, 0) is 35.9 Å². The van der Waals surface area contributed by atoms with Crippen LogP contribution in [0.4, 0.5) is 0 Å². The summed E-state index contributed by atoms with van der Waals surface area (Å²) in [5.74, 6) is 0.481. The molecule has 3 heteroatoms. The molecule has 0 N–H and O–H groups in total. The molecule has 0 aliphatic carbocycles. The molecule has 0 saturated carbocycles. The molecule has 1 heterocycles. The van der Waals surface area contributed by atoms with E-state index in [-0.39, 0.29) is 5.56 Å². The molecule has 0 spiro atoms. The van der Waals surface area contributed by atoms with Crippen LogP contribution in [0, 0.1) is 0 Å². The summed E-state index contributed by atoms with van der Waals surface area (Å²) in [5.41, 5.74) is 1.40. The van der Waals surface area contributed by atoms with Gasteiger partial charge in [0.25, 0.3) is 5.56 Å². The van der Waals surface area contributed by atoms with E-state index in [2.05, 4.69) is 26.3 Å². The van der Waals surface area contributed by atoms with Gasteiger partial charge in [-0.15, -0.1) is 0 Å². The predicted octanol–water partition coefficient (Wildman–Crippen LogP) is 4.12. The molecule has 0 saturated heterocycles. The summed E-state index contributed by atoms with van der Waals surface area (Å²) in [6.07, 6.45) is 18.8. The molecule has 29 heavy (non-hydrogen) atoms. The SMILES string of the molecule is C=C/C=C\C(=C/C=C)n1c(/C=C/c2ccccc2)nc(=C/C=C)/c(=C\C=C)c1=O. The first-order valence-corrected chi connectivity index (χ1v) is 9.10. The van der Waals surface area contributed by atoms with Crippen LogP contribution in [0.2, 0.25) is 0 Å². The Bertz CT molecular complexity index is 1170. The van der Waals surface area contributed by atoms with Gasteiger partial charge in [0.1, 0.15) is 5.82 Å². The third-order valence-electron chi connectivity index (χ3n) is 3.91. The van der Waals surface area contributed by atoms with Crippen LogP contribution in [-0.4, -0.2) is 9.55 Å². The number of aromatic nitrogens is 2. The third kappa shape index (κ3) is 5.50. The number of nitrogens with zero attached hydrogens (tertiary/aromatic N) is 2. The number of hydrogen-bond acceptors (Lipinski definition) is 2. The van der Waals surface area contributed by atoms with Gasteiger partial charge >= 0.3 is 0 Å². The Morgan fingerprint density at radius 1 is 0.897 bits per heavy atom. The Balaban J connectivity index is 2.92. The van der Waals surface area contributed by atoms with E-state index in [0.29, 0.717) is 22.1 Å². The maximum atomic E-state index is 13.4. The van der Waals surface area contributed by atoms with E-state index in [4.69, 9.17) is 4.98 Å². The lowest BCUT2D eigenvalue weighted by molar-refractivity contribution is 0.911. The van der Waals surface area contributed by atoms with E-state index < -0.39 is 0 Å². The quantitative estimate of drug-likeness (QED) is 0.646. The first kappa shape index (κ1) is 21.3. The van der Waals surface area contributed by atoms with Crippen molar-refractivity contribution in [3.8, 4) is 0 Å². The zero-order valence-electron chi connectivity index (χ0n) is 16.4. The molecular formula is C26H24N2O. The number of hydrogen-bond donors (Lipinski definition) is 0. The highest BCUT2D eigenvalue weighted by Crippen LogP contribution is 2.10. The first-order chi connectivity index (χ1) is 14.2. The fourth-order valence-corrected chi connectivity index (χ4v) is 2.67. The van der Waals surface area contributed by atoms with Crippen LogP contribution in [0.5, 0.6) is 0 Å².